The van der Waals surface area contributed by atoms with Crippen LogP contribution in [0.2, 0.25) is 0 Å². The fourth-order valence-electron chi connectivity index (χ4n) is 5.33. The summed E-state index contributed by atoms with van der Waals surface area (Å²) in [6.45, 7) is 4.82. The topological polar surface area (TPSA) is 78.8 Å². The smallest absolute Gasteiger partial charge is 0.338 e. The molecule has 1 saturated carbocycles. The molecule has 0 radical (unpaired) electrons. The highest BCUT2D eigenvalue weighted by molar-refractivity contribution is 5.89. The Bertz CT molecular complexity index is 1500. The average Bonchev–Trinajstić information content (AvgIpc) is 3.77. The molecular formula is C34H36FNO4. The third kappa shape index (κ3) is 6.76. The second-order valence-electron chi connectivity index (χ2n) is 11.5. The predicted octanol–water partition coefficient (Wildman–Crippen LogP) is 6.78. The Labute approximate surface area is 234 Å². The van der Waals surface area contributed by atoms with Crippen molar-refractivity contribution in [1.82, 2.24) is 5.32 Å². The Morgan fingerprint density at radius 2 is 1.73 bits per heavy atom. The van der Waals surface area contributed by atoms with Gasteiger partial charge in [-0.1, -0.05) is 72.8 Å². The highest BCUT2D eigenvalue weighted by Crippen LogP contribution is 2.46. The van der Waals surface area contributed by atoms with Gasteiger partial charge in [0.15, 0.2) is 0 Å². The lowest BCUT2D eigenvalue weighted by molar-refractivity contribution is -0.0209. The summed E-state index contributed by atoms with van der Waals surface area (Å²) in [4.78, 5) is 11.3. The Morgan fingerprint density at radius 3 is 2.45 bits per heavy atom. The number of halogens is 1. The van der Waals surface area contributed by atoms with Crippen LogP contribution in [0.5, 0.6) is 0 Å². The number of aliphatic hydroxyl groups is 1. The number of aliphatic hydroxyl groups excluding tert-OH is 1. The number of aromatic carboxylic acids is 1. The molecule has 0 amide bonds. The van der Waals surface area contributed by atoms with Crippen molar-refractivity contribution in [2.45, 2.75) is 50.9 Å². The predicted molar refractivity (Wildman–Crippen MR) is 156 cm³/mol. The van der Waals surface area contributed by atoms with Crippen LogP contribution in [0.3, 0.4) is 0 Å². The number of carboxylic acids is 1. The van der Waals surface area contributed by atoms with E-state index in [2.05, 4.69) is 49.5 Å². The summed E-state index contributed by atoms with van der Waals surface area (Å²) in [5, 5.41) is 26.0. The molecule has 0 spiro atoms. The lowest BCUT2D eigenvalue weighted by Crippen LogP contribution is -2.46. The van der Waals surface area contributed by atoms with Crippen molar-refractivity contribution in [3.05, 3.63) is 107 Å². The molecule has 1 unspecified atom stereocenters. The second-order valence-corrected chi connectivity index (χ2v) is 11.5. The summed E-state index contributed by atoms with van der Waals surface area (Å²) in [5.74, 6) is -1.73. The number of carbonyl (C=O) groups is 1. The first-order chi connectivity index (χ1) is 19.2. The van der Waals surface area contributed by atoms with E-state index in [1.54, 1.807) is 6.07 Å². The monoisotopic (exact) mass is 541 g/mol. The molecule has 40 heavy (non-hydrogen) atoms. The van der Waals surface area contributed by atoms with Crippen LogP contribution in [0, 0.1) is 11.7 Å². The highest BCUT2D eigenvalue weighted by atomic mass is 19.1. The number of ether oxygens (including phenoxy) is 1. The summed E-state index contributed by atoms with van der Waals surface area (Å²) in [7, 11) is 0. The van der Waals surface area contributed by atoms with E-state index in [4.69, 9.17) is 4.74 Å². The molecule has 1 aliphatic carbocycles. The van der Waals surface area contributed by atoms with E-state index in [1.807, 2.05) is 36.4 Å². The minimum Gasteiger partial charge on any atom is -0.478 e. The van der Waals surface area contributed by atoms with Gasteiger partial charge in [-0.15, -0.1) is 0 Å². The fraction of sp³-hybridized carbons (Fsp3) is 0.324. The zero-order valence-corrected chi connectivity index (χ0v) is 22.9. The van der Waals surface area contributed by atoms with Gasteiger partial charge in [0.05, 0.1) is 24.4 Å². The Balaban J connectivity index is 1.22. The van der Waals surface area contributed by atoms with Crippen LogP contribution in [0.4, 0.5) is 4.39 Å². The lowest BCUT2D eigenvalue weighted by atomic mass is 9.93. The molecule has 0 aliphatic heterocycles. The first-order valence-electron chi connectivity index (χ1n) is 13.8. The van der Waals surface area contributed by atoms with E-state index in [0.717, 1.165) is 30.4 Å². The van der Waals surface area contributed by atoms with Gasteiger partial charge in [0, 0.05) is 12.1 Å². The van der Waals surface area contributed by atoms with Crippen molar-refractivity contribution in [3.8, 4) is 11.1 Å². The fourth-order valence-corrected chi connectivity index (χ4v) is 5.33. The van der Waals surface area contributed by atoms with Crippen molar-refractivity contribution in [2.24, 2.45) is 5.92 Å². The van der Waals surface area contributed by atoms with Crippen LogP contribution >= 0.6 is 0 Å². The van der Waals surface area contributed by atoms with Gasteiger partial charge >= 0.3 is 5.97 Å². The van der Waals surface area contributed by atoms with Crippen molar-refractivity contribution >= 4 is 16.7 Å². The Hall–Kier alpha value is -3.58. The van der Waals surface area contributed by atoms with Gasteiger partial charge in [-0.2, -0.15) is 0 Å². The van der Waals surface area contributed by atoms with Gasteiger partial charge in [-0.25, -0.2) is 9.18 Å². The summed E-state index contributed by atoms with van der Waals surface area (Å²) in [6.07, 6.45) is 1.94. The molecule has 2 atom stereocenters. The van der Waals surface area contributed by atoms with E-state index in [1.165, 1.54) is 28.5 Å². The molecule has 6 heteroatoms. The molecule has 4 aromatic rings. The van der Waals surface area contributed by atoms with Crippen molar-refractivity contribution in [3.63, 3.8) is 0 Å². The van der Waals surface area contributed by atoms with Crippen LogP contribution in [-0.4, -0.2) is 41.0 Å². The molecule has 0 bridgehead atoms. The normalized spacial score (nSPS) is 15.2. The van der Waals surface area contributed by atoms with Crippen LogP contribution in [0.1, 0.15) is 54.3 Å². The van der Waals surface area contributed by atoms with Crippen molar-refractivity contribution in [1.29, 1.82) is 0 Å². The van der Waals surface area contributed by atoms with Crippen LogP contribution in [0.15, 0.2) is 84.9 Å². The summed E-state index contributed by atoms with van der Waals surface area (Å²) in [5.41, 5.74) is 2.99. The van der Waals surface area contributed by atoms with Gasteiger partial charge in [-0.3, -0.25) is 0 Å². The summed E-state index contributed by atoms with van der Waals surface area (Å²) >= 11 is 0. The van der Waals surface area contributed by atoms with Crippen LogP contribution in [-0.2, 0) is 11.2 Å². The number of carboxylic acid groups (broad SMARTS) is 1. The highest BCUT2D eigenvalue weighted by Gasteiger charge is 2.35. The van der Waals surface area contributed by atoms with Gasteiger partial charge < -0.3 is 20.3 Å². The molecule has 1 aliphatic rings. The number of hydrogen-bond donors (Lipinski definition) is 3. The quantitative estimate of drug-likeness (QED) is 0.184. The maximum atomic E-state index is 14.5. The van der Waals surface area contributed by atoms with Crippen LogP contribution < -0.4 is 5.32 Å². The molecule has 5 nitrogen and oxygen atoms in total. The molecular weight excluding hydrogens is 505 g/mol. The van der Waals surface area contributed by atoms with E-state index < -0.39 is 17.9 Å². The first kappa shape index (κ1) is 28.0. The third-order valence-electron chi connectivity index (χ3n) is 7.57. The van der Waals surface area contributed by atoms with E-state index >= 15 is 0 Å². The number of hydrogen-bond acceptors (Lipinski definition) is 4. The Morgan fingerprint density at radius 1 is 1.00 bits per heavy atom. The minimum absolute atomic E-state index is 0.168. The zero-order chi connectivity index (χ0) is 28.3. The molecule has 0 aromatic heterocycles. The Kier molecular flexibility index (Phi) is 8.31. The standard InChI is InChI=1S/C34H36FNO4/c1-34(2,19-22-11-12-23-7-3-4-8-25(23)17-22)36-20-27(37)21-40-32(24-13-14-24)29-10-6-5-9-28(29)26-15-16-30(33(38)39)31(35)18-26/h3-12,15-18,24,27,32,36-37H,13-14,19-21H2,1-2H3,(H,38,39)/t27-,32?/m0/s1. The zero-order valence-electron chi connectivity index (χ0n) is 22.9. The number of rotatable bonds is 12. The second kappa shape index (κ2) is 11.9. The number of β-amino-alcohol motifs (C(OH)–C–C–N with tert-alkyl or cyclic N) is 1. The van der Waals surface area contributed by atoms with E-state index in [-0.39, 0.29) is 23.8 Å². The van der Waals surface area contributed by atoms with Crippen molar-refractivity contribution in [2.75, 3.05) is 13.2 Å². The van der Waals surface area contributed by atoms with Crippen molar-refractivity contribution < 1.29 is 24.1 Å². The lowest BCUT2D eigenvalue weighted by Gasteiger charge is -2.29. The van der Waals surface area contributed by atoms with Gasteiger partial charge in [-0.05, 0) is 84.2 Å². The largest absolute Gasteiger partial charge is 0.478 e. The van der Waals surface area contributed by atoms with Gasteiger partial charge in [0.1, 0.15) is 5.82 Å². The van der Waals surface area contributed by atoms with E-state index in [9.17, 15) is 19.4 Å². The molecule has 3 N–H and O–H groups in total. The molecule has 208 valence electrons. The molecule has 0 saturated heterocycles. The first-order valence-corrected chi connectivity index (χ1v) is 13.8. The number of benzene rings is 4. The molecule has 4 aromatic carbocycles. The maximum Gasteiger partial charge on any atom is 0.338 e. The van der Waals surface area contributed by atoms with Gasteiger partial charge in [0.25, 0.3) is 0 Å². The van der Waals surface area contributed by atoms with Gasteiger partial charge in [0.2, 0.25) is 0 Å². The minimum atomic E-state index is -1.29. The summed E-state index contributed by atoms with van der Waals surface area (Å²) in [6, 6.07) is 26.7. The average molecular weight is 542 g/mol. The number of nitrogens with one attached hydrogen (secondary N) is 1. The van der Waals surface area contributed by atoms with Crippen LogP contribution in [0.25, 0.3) is 21.9 Å². The number of fused-ring (bicyclic) bond motifs is 1. The van der Waals surface area contributed by atoms with E-state index in [0.29, 0.717) is 18.0 Å². The molecule has 1 fully saturated rings. The molecule has 5 rings (SSSR count). The third-order valence-corrected chi connectivity index (χ3v) is 7.57. The maximum absolute atomic E-state index is 14.5. The summed E-state index contributed by atoms with van der Waals surface area (Å²) < 4.78 is 20.8. The molecule has 0 heterocycles. The SMILES string of the molecule is CC(C)(Cc1ccc2ccccc2c1)NC[C@H](O)COC(c1ccccc1-c1ccc(C(=O)O)c(F)c1)C1CC1.